The van der Waals surface area contributed by atoms with Gasteiger partial charge in [-0.25, -0.2) is 8.42 Å². The van der Waals surface area contributed by atoms with Gasteiger partial charge < -0.3 is 5.32 Å². The number of hydrogen-bond acceptors (Lipinski definition) is 5. The van der Waals surface area contributed by atoms with Crippen LogP contribution in [0, 0.1) is 5.92 Å². The SMILES string of the molecule is CCCS(=O)(=O)CCn1cc(CNCC2CC2)nn1. The minimum absolute atomic E-state index is 0.138. The Balaban J connectivity index is 1.73. The molecule has 1 saturated carbocycles. The van der Waals surface area contributed by atoms with Crippen molar-refractivity contribution >= 4 is 9.84 Å². The van der Waals surface area contributed by atoms with E-state index >= 15 is 0 Å². The molecule has 0 amide bonds. The van der Waals surface area contributed by atoms with Crippen molar-refractivity contribution in [3.05, 3.63) is 11.9 Å². The first kappa shape index (κ1) is 14.5. The Labute approximate surface area is 114 Å². The molecule has 6 nitrogen and oxygen atoms in total. The summed E-state index contributed by atoms with van der Waals surface area (Å²) < 4.78 is 24.8. The molecule has 0 unspecified atom stereocenters. The first-order chi connectivity index (χ1) is 9.09. The number of rotatable bonds is 9. The van der Waals surface area contributed by atoms with Crippen molar-refractivity contribution in [2.45, 2.75) is 39.3 Å². The normalized spacial score (nSPS) is 15.8. The van der Waals surface area contributed by atoms with Gasteiger partial charge in [0.15, 0.2) is 9.84 Å². The molecule has 1 aromatic heterocycles. The molecule has 108 valence electrons. The minimum atomic E-state index is -2.94. The highest BCUT2D eigenvalue weighted by Crippen LogP contribution is 2.27. The second-order valence-corrected chi connectivity index (χ2v) is 7.50. The number of aromatic nitrogens is 3. The van der Waals surface area contributed by atoms with Gasteiger partial charge in [-0.05, 0) is 31.7 Å². The number of sulfone groups is 1. The van der Waals surface area contributed by atoms with E-state index in [2.05, 4.69) is 15.6 Å². The second kappa shape index (κ2) is 6.47. The third kappa shape index (κ3) is 5.28. The van der Waals surface area contributed by atoms with Crippen LogP contribution in [0.4, 0.5) is 0 Å². The van der Waals surface area contributed by atoms with E-state index in [0.29, 0.717) is 19.5 Å². The van der Waals surface area contributed by atoms with Crippen molar-refractivity contribution in [1.29, 1.82) is 0 Å². The molecule has 0 aliphatic heterocycles. The standard InChI is InChI=1S/C12H22N4O2S/c1-2-6-19(17,18)7-5-16-10-12(14-15-16)9-13-8-11-3-4-11/h10-11,13H,2-9H2,1H3. The number of nitrogens with zero attached hydrogens (tertiary/aromatic N) is 3. The molecule has 0 bridgehead atoms. The van der Waals surface area contributed by atoms with Crippen LogP contribution in [0.2, 0.25) is 0 Å². The van der Waals surface area contributed by atoms with Crippen LogP contribution in [0.3, 0.4) is 0 Å². The molecule has 1 aromatic rings. The molecule has 2 rings (SSSR count). The summed E-state index contributed by atoms with van der Waals surface area (Å²) in [4.78, 5) is 0. The van der Waals surface area contributed by atoms with E-state index in [-0.39, 0.29) is 11.5 Å². The fraction of sp³-hybridized carbons (Fsp3) is 0.833. The highest BCUT2D eigenvalue weighted by Gasteiger charge is 2.20. The molecule has 1 aliphatic carbocycles. The Kier molecular flexibility index (Phi) is 4.93. The van der Waals surface area contributed by atoms with Gasteiger partial charge in [0, 0.05) is 18.5 Å². The predicted molar refractivity (Wildman–Crippen MR) is 73.4 cm³/mol. The van der Waals surface area contributed by atoms with Crippen LogP contribution in [-0.2, 0) is 22.9 Å². The van der Waals surface area contributed by atoms with Crippen molar-refractivity contribution in [2.24, 2.45) is 5.92 Å². The minimum Gasteiger partial charge on any atom is -0.311 e. The second-order valence-electron chi connectivity index (χ2n) is 5.20. The van der Waals surface area contributed by atoms with Crippen LogP contribution >= 0.6 is 0 Å². The van der Waals surface area contributed by atoms with Gasteiger partial charge in [0.05, 0.1) is 18.0 Å². The average Bonchev–Trinajstić information content (AvgIpc) is 3.05. The topological polar surface area (TPSA) is 76.9 Å². The van der Waals surface area contributed by atoms with E-state index < -0.39 is 9.84 Å². The van der Waals surface area contributed by atoms with Crippen LogP contribution < -0.4 is 5.32 Å². The van der Waals surface area contributed by atoms with Crippen LogP contribution in [-0.4, -0.2) is 41.5 Å². The van der Waals surface area contributed by atoms with E-state index in [1.165, 1.54) is 12.8 Å². The van der Waals surface area contributed by atoms with Gasteiger partial charge in [-0.3, -0.25) is 4.68 Å². The summed E-state index contributed by atoms with van der Waals surface area (Å²) in [5.74, 6) is 1.23. The summed E-state index contributed by atoms with van der Waals surface area (Å²) in [6.45, 7) is 4.00. The highest BCUT2D eigenvalue weighted by molar-refractivity contribution is 7.91. The summed E-state index contributed by atoms with van der Waals surface area (Å²) >= 11 is 0. The molecule has 19 heavy (non-hydrogen) atoms. The summed E-state index contributed by atoms with van der Waals surface area (Å²) in [5, 5.41) is 11.3. The van der Waals surface area contributed by atoms with Gasteiger partial charge in [0.1, 0.15) is 0 Å². The maximum absolute atomic E-state index is 11.6. The highest BCUT2D eigenvalue weighted by atomic mass is 32.2. The van der Waals surface area contributed by atoms with E-state index in [1.807, 2.05) is 13.1 Å². The Morgan fingerprint density at radius 1 is 1.42 bits per heavy atom. The van der Waals surface area contributed by atoms with Crippen molar-refractivity contribution in [1.82, 2.24) is 20.3 Å². The zero-order valence-electron chi connectivity index (χ0n) is 11.4. The van der Waals surface area contributed by atoms with Gasteiger partial charge in [0.25, 0.3) is 0 Å². The number of hydrogen-bond donors (Lipinski definition) is 1. The van der Waals surface area contributed by atoms with Crippen LogP contribution in [0.15, 0.2) is 6.20 Å². The fourth-order valence-electron chi connectivity index (χ4n) is 1.90. The summed E-state index contributed by atoms with van der Waals surface area (Å²) in [7, 11) is -2.94. The third-order valence-corrected chi connectivity index (χ3v) is 5.00. The van der Waals surface area contributed by atoms with E-state index in [0.717, 1.165) is 18.2 Å². The van der Waals surface area contributed by atoms with Gasteiger partial charge in [-0.15, -0.1) is 5.10 Å². The molecule has 0 spiro atoms. The molecular weight excluding hydrogens is 264 g/mol. The lowest BCUT2D eigenvalue weighted by Gasteiger charge is -2.02. The summed E-state index contributed by atoms with van der Waals surface area (Å²) in [6, 6.07) is 0. The average molecular weight is 286 g/mol. The lowest BCUT2D eigenvalue weighted by Crippen LogP contribution is -2.16. The summed E-state index contributed by atoms with van der Waals surface area (Å²) in [5.41, 5.74) is 0.869. The first-order valence-electron chi connectivity index (χ1n) is 6.89. The molecule has 0 atom stereocenters. The van der Waals surface area contributed by atoms with E-state index in [4.69, 9.17) is 0 Å². The quantitative estimate of drug-likeness (QED) is 0.719. The zero-order chi connectivity index (χ0) is 13.7. The monoisotopic (exact) mass is 286 g/mol. The lowest BCUT2D eigenvalue weighted by atomic mass is 10.4. The molecular formula is C12H22N4O2S. The smallest absolute Gasteiger partial charge is 0.152 e. The molecule has 0 radical (unpaired) electrons. The van der Waals surface area contributed by atoms with Crippen LogP contribution in [0.5, 0.6) is 0 Å². The molecule has 0 aromatic carbocycles. The van der Waals surface area contributed by atoms with Crippen molar-refractivity contribution in [2.75, 3.05) is 18.1 Å². The number of nitrogens with one attached hydrogen (secondary N) is 1. The van der Waals surface area contributed by atoms with Crippen molar-refractivity contribution < 1.29 is 8.42 Å². The van der Waals surface area contributed by atoms with Crippen molar-refractivity contribution in [3.63, 3.8) is 0 Å². The van der Waals surface area contributed by atoms with Crippen LogP contribution in [0.1, 0.15) is 31.9 Å². The lowest BCUT2D eigenvalue weighted by molar-refractivity contribution is 0.574. The fourth-order valence-corrected chi connectivity index (χ4v) is 3.19. The molecule has 1 fully saturated rings. The largest absolute Gasteiger partial charge is 0.311 e. The molecule has 1 N–H and O–H groups in total. The Bertz CT molecular complexity index is 494. The molecule has 7 heteroatoms. The number of aryl methyl sites for hydroxylation is 1. The maximum atomic E-state index is 11.6. The van der Waals surface area contributed by atoms with Gasteiger partial charge in [-0.2, -0.15) is 0 Å². The third-order valence-electron chi connectivity index (χ3n) is 3.17. The van der Waals surface area contributed by atoms with Gasteiger partial charge >= 0.3 is 0 Å². The Morgan fingerprint density at radius 3 is 2.89 bits per heavy atom. The van der Waals surface area contributed by atoms with Crippen LogP contribution in [0.25, 0.3) is 0 Å². The molecule has 0 saturated heterocycles. The summed E-state index contributed by atoms with van der Waals surface area (Å²) in [6.07, 6.45) is 5.14. The maximum Gasteiger partial charge on any atom is 0.152 e. The predicted octanol–water partition coefficient (Wildman–Crippen LogP) is 0.603. The first-order valence-corrected chi connectivity index (χ1v) is 8.71. The Morgan fingerprint density at radius 2 is 2.21 bits per heavy atom. The van der Waals surface area contributed by atoms with E-state index in [9.17, 15) is 8.42 Å². The van der Waals surface area contributed by atoms with E-state index in [1.54, 1.807) is 4.68 Å². The Hall–Kier alpha value is -0.950. The van der Waals surface area contributed by atoms with Crippen molar-refractivity contribution in [3.8, 4) is 0 Å². The zero-order valence-corrected chi connectivity index (χ0v) is 12.2. The molecule has 1 aliphatic rings. The van der Waals surface area contributed by atoms with Gasteiger partial charge in [-0.1, -0.05) is 12.1 Å². The molecule has 1 heterocycles. The van der Waals surface area contributed by atoms with Gasteiger partial charge in [0.2, 0.25) is 0 Å².